The lowest BCUT2D eigenvalue weighted by molar-refractivity contribution is -0.125. The molecule has 3 atom stereocenters. The molecule has 0 aromatic rings. The standard InChI is InChI=1S/C14H25NOS/c1-5-9-17-10-8-15-12-11-13(16-7-3)14(12,4)6-2/h1,12-13,15H,6-11H2,2-4H3. The number of hydrogen-bond donors (Lipinski definition) is 1. The third kappa shape index (κ3) is 3.64. The number of thioether (sulfide) groups is 1. The van der Waals surface area contributed by atoms with E-state index in [2.05, 4.69) is 32.0 Å². The van der Waals surface area contributed by atoms with Crippen LogP contribution in [0.5, 0.6) is 0 Å². The number of hydrogen-bond acceptors (Lipinski definition) is 3. The number of nitrogens with one attached hydrogen (secondary N) is 1. The second kappa shape index (κ2) is 7.31. The molecular weight excluding hydrogens is 230 g/mol. The monoisotopic (exact) mass is 255 g/mol. The first kappa shape index (κ1) is 14.9. The smallest absolute Gasteiger partial charge is 0.0658 e. The molecule has 1 fully saturated rings. The van der Waals surface area contributed by atoms with E-state index < -0.39 is 0 Å². The summed E-state index contributed by atoms with van der Waals surface area (Å²) in [5.41, 5.74) is 0.312. The highest BCUT2D eigenvalue weighted by atomic mass is 32.2. The minimum atomic E-state index is 0.312. The molecule has 1 aliphatic rings. The van der Waals surface area contributed by atoms with Gasteiger partial charge in [-0.25, -0.2) is 0 Å². The largest absolute Gasteiger partial charge is 0.378 e. The summed E-state index contributed by atoms with van der Waals surface area (Å²) in [4.78, 5) is 0. The Hall–Kier alpha value is -0.170. The van der Waals surface area contributed by atoms with Crippen molar-refractivity contribution in [1.29, 1.82) is 0 Å². The minimum Gasteiger partial charge on any atom is -0.378 e. The van der Waals surface area contributed by atoms with Gasteiger partial charge in [-0.2, -0.15) is 0 Å². The van der Waals surface area contributed by atoms with Crippen LogP contribution in [-0.2, 0) is 4.74 Å². The fraction of sp³-hybridized carbons (Fsp3) is 0.857. The maximum absolute atomic E-state index is 5.79. The molecule has 0 heterocycles. The van der Waals surface area contributed by atoms with Crippen LogP contribution in [0, 0.1) is 17.8 Å². The molecule has 1 N–H and O–H groups in total. The first-order valence-corrected chi connectivity index (χ1v) is 7.70. The van der Waals surface area contributed by atoms with Crippen molar-refractivity contribution < 1.29 is 4.74 Å². The fourth-order valence-electron chi connectivity index (χ4n) is 2.50. The van der Waals surface area contributed by atoms with Gasteiger partial charge in [-0.1, -0.05) is 19.8 Å². The van der Waals surface area contributed by atoms with Gasteiger partial charge in [0, 0.05) is 30.4 Å². The summed E-state index contributed by atoms with van der Waals surface area (Å²) < 4.78 is 5.79. The van der Waals surface area contributed by atoms with Gasteiger partial charge in [-0.15, -0.1) is 18.2 Å². The molecule has 0 amide bonds. The van der Waals surface area contributed by atoms with Crippen molar-refractivity contribution in [2.24, 2.45) is 5.41 Å². The van der Waals surface area contributed by atoms with Crippen molar-refractivity contribution in [1.82, 2.24) is 5.32 Å². The highest BCUT2D eigenvalue weighted by Gasteiger charge is 2.50. The van der Waals surface area contributed by atoms with Crippen LogP contribution in [0.3, 0.4) is 0 Å². The minimum absolute atomic E-state index is 0.312. The predicted molar refractivity (Wildman–Crippen MR) is 76.4 cm³/mol. The zero-order valence-electron chi connectivity index (χ0n) is 11.3. The Labute approximate surface area is 110 Å². The summed E-state index contributed by atoms with van der Waals surface area (Å²) in [5.74, 6) is 4.57. The molecular formula is C14H25NOS. The Balaban J connectivity index is 2.24. The van der Waals surface area contributed by atoms with Crippen molar-refractivity contribution in [3.8, 4) is 12.3 Å². The summed E-state index contributed by atoms with van der Waals surface area (Å²) in [7, 11) is 0. The van der Waals surface area contributed by atoms with Gasteiger partial charge in [0.25, 0.3) is 0 Å². The van der Waals surface area contributed by atoms with Crippen molar-refractivity contribution in [2.75, 3.05) is 24.7 Å². The summed E-state index contributed by atoms with van der Waals surface area (Å²) >= 11 is 1.82. The molecule has 1 aliphatic carbocycles. The van der Waals surface area contributed by atoms with Gasteiger partial charge in [0.05, 0.1) is 11.9 Å². The summed E-state index contributed by atoms with van der Waals surface area (Å²) in [6.07, 6.45) is 7.98. The topological polar surface area (TPSA) is 21.3 Å². The van der Waals surface area contributed by atoms with Crippen molar-refractivity contribution in [2.45, 2.75) is 45.8 Å². The first-order valence-electron chi connectivity index (χ1n) is 6.55. The SMILES string of the molecule is C#CCSCCNC1CC(OCC)C1(C)CC. The van der Waals surface area contributed by atoms with Crippen molar-refractivity contribution in [3.63, 3.8) is 0 Å². The number of rotatable bonds is 8. The van der Waals surface area contributed by atoms with Crippen LogP contribution in [0.1, 0.15) is 33.6 Å². The molecule has 0 spiro atoms. The van der Waals surface area contributed by atoms with Gasteiger partial charge in [-0.3, -0.25) is 0 Å². The van der Waals surface area contributed by atoms with Gasteiger partial charge >= 0.3 is 0 Å². The Bertz CT molecular complexity index is 263. The normalized spacial score (nSPS) is 31.9. The van der Waals surface area contributed by atoms with Crippen molar-refractivity contribution in [3.05, 3.63) is 0 Å². The molecule has 0 aromatic carbocycles. The average Bonchev–Trinajstić information content (AvgIpc) is 2.35. The van der Waals surface area contributed by atoms with E-state index in [0.717, 1.165) is 31.1 Å². The summed E-state index contributed by atoms with van der Waals surface area (Å²) in [6.45, 7) is 8.54. The Kier molecular flexibility index (Phi) is 6.40. The van der Waals surface area contributed by atoms with E-state index in [9.17, 15) is 0 Å². The first-order chi connectivity index (χ1) is 8.19. The molecule has 2 nitrogen and oxygen atoms in total. The molecule has 0 aromatic heterocycles. The zero-order valence-corrected chi connectivity index (χ0v) is 12.1. The fourth-order valence-corrected chi connectivity index (χ4v) is 3.03. The summed E-state index contributed by atoms with van der Waals surface area (Å²) in [5, 5.41) is 3.64. The second-order valence-corrected chi connectivity index (χ2v) is 5.91. The summed E-state index contributed by atoms with van der Waals surface area (Å²) in [6, 6.07) is 0.607. The molecule has 17 heavy (non-hydrogen) atoms. The molecule has 3 unspecified atom stereocenters. The molecule has 3 heteroatoms. The number of ether oxygens (including phenoxy) is 1. The maximum Gasteiger partial charge on any atom is 0.0658 e. The zero-order chi connectivity index (χ0) is 12.7. The molecule has 98 valence electrons. The van der Waals surface area contributed by atoms with Gasteiger partial charge < -0.3 is 10.1 Å². The van der Waals surface area contributed by atoms with E-state index in [4.69, 9.17) is 11.2 Å². The van der Waals surface area contributed by atoms with E-state index >= 15 is 0 Å². The van der Waals surface area contributed by atoms with E-state index in [0.29, 0.717) is 17.6 Å². The van der Waals surface area contributed by atoms with Crippen LogP contribution in [0.25, 0.3) is 0 Å². The second-order valence-electron chi connectivity index (χ2n) is 4.80. The third-order valence-corrected chi connectivity index (χ3v) is 4.80. The van der Waals surface area contributed by atoms with E-state index in [1.807, 2.05) is 11.8 Å². The highest BCUT2D eigenvalue weighted by Crippen LogP contribution is 2.45. The lowest BCUT2D eigenvalue weighted by atomic mass is 9.61. The molecule has 1 rings (SSSR count). The van der Waals surface area contributed by atoms with Gasteiger partial charge in [-0.05, 0) is 19.8 Å². The molecule has 0 radical (unpaired) electrons. The molecule has 0 aliphatic heterocycles. The van der Waals surface area contributed by atoms with Crippen LogP contribution in [-0.4, -0.2) is 36.8 Å². The maximum atomic E-state index is 5.79. The van der Waals surface area contributed by atoms with Crippen LogP contribution < -0.4 is 5.32 Å². The average molecular weight is 255 g/mol. The van der Waals surface area contributed by atoms with Crippen molar-refractivity contribution >= 4 is 11.8 Å². The number of terminal acetylenes is 1. The quantitative estimate of drug-likeness (QED) is 0.532. The highest BCUT2D eigenvalue weighted by molar-refractivity contribution is 7.99. The molecule has 1 saturated carbocycles. The lowest BCUT2D eigenvalue weighted by Crippen LogP contribution is -2.62. The van der Waals surface area contributed by atoms with E-state index in [1.165, 1.54) is 6.42 Å². The molecule has 0 bridgehead atoms. The van der Waals surface area contributed by atoms with E-state index in [-0.39, 0.29) is 0 Å². The van der Waals surface area contributed by atoms with Crippen LogP contribution in [0.4, 0.5) is 0 Å². The Morgan fingerprint density at radius 2 is 2.29 bits per heavy atom. The Morgan fingerprint density at radius 3 is 2.88 bits per heavy atom. The van der Waals surface area contributed by atoms with E-state index in [1.54, 1.807) is 0 Å². The van der Waals surface area contributed by atoms with Gasteiger partial charge in [0.15, 0.2) is 0 Å². The van der Waals surface area contributed by atoms with Crippen LogP contribution in [0.2, 0.25) is 0 Å². The molecule has 0 saturated heterocycles. The van der Waals surface area contributed by atoms with Crippen LogP contribution >= 0.6 is 11.8 Å². The Morgan fingerprint density at radius 1 is 1.53 bits per heavy atom. The van der Waals surface area contributed by atoms with Crippen LogP contribution in [0.15, 0.2) is 0 Å². The predicted octanol–water partition coefficient (Wildman–Crippen LogP) is 2.54. The van der Waals surface area contributed by atoms with Gasteiger partial charge in [0.1, 0.15) is 0 Å². The third-order valence-electron chi connectivity index (χ3n) is 3.93. The van der Waals surface area contributed by atoms with Gasteiger partial charge in [0.2, 0.25) is 0 Å². The lowest BCUT2D eigenvalue weighted by Gasteiger charge is -2.53.